The average Bonchev–Trinajstić information content (AvgIpc) is 3.92. The smallest absolute Gasteiger partial charge is 0.370 e. The van der Waals surface area contributed by atoms with E-state index in [4.69, 9.17) is 18.0 Å². The van der Waals surface area contributed by atoms with Gasteiger partial charge in [0.15, 0.2) is 10.0 Å². The number of terminal acetylenes is 1. The second kappa shape index (κ2) is 14.5. The van der Waals surface area contributed by atoms with Gasteiger partial charge in [0.05, 0.1) is 10.9 Å². The molecule has 5 rings (SSSR count). The fourth-order valence-electron chi connectivity index (χ4n) is 5.58. The lowest BCUT2D eigenvalue weighted by molar-refractivity contribution is -0.580. The third kappa shape index (κ3) is 7.97. The predicted molar refractivity (Wildman–Crippen MR) is 183 cm³/mol. The summed E-state index contributed by atoms with van der Waals surface area (Å²) in [6, 6.07) is 11.5. The molecule has 1 fully saturated rings. The van der Waals surface area contributed by atoms with Gasteiger partial charge in [-0.1, -0.05) is 53.4 Å². The van der Waals surface area contributed by atoms with E-state index in [-0.39, 0.29) is 26.9 Å². The van der Waals surface area contributed by atoms with Crippen LogP contribution in [0.1, 0.15) is 47.1 Å². The molecule has 17 heteroatoms. The van der Waals surface area contributed by atoms with Crippen molar-refractivity contribution in [1.82, 2.24) is 9.29 Å². The third-order valence-corrected chi connectivity index (χ3v) is 11.6. The van der Waals surface area contributed by atoms with Crippen LogP contribution in [0.2, 0.25) is 5.02 Å². The zero-order valence-electron chi connectivity index (χ0n) is 27.8. The summed E-state index contributed by atoms with van der Waals surface area (Å²) >= 11 is 6.10. The van der Waals surface area contributed by atoms with Crippen molar-refractivity contribution in [2.75, 3.05) is 0 Å². The molecule has 9 nitrogen and oxygen atoms in total. The highest BCUT2D eigenvalue weighted by Crippen LogP contribution is 2.47. The molecule has 0 bridgehead atoms. The first kappa shape index (κ1) is 38.8. The SMILES string of the molecule is C#CC(C1CC1)N([C@@H](c1ccc(Cl)cc1)C(F)(F)/C(=N/[N-]S(=O)(=O)c1ccc(C)cc1)[n+]1c(C)cccc1C)S(=O)(=O)c1ccc(C(F)(F)F)nc1. The number of hydrogen-bond donors (Lipinski definition) is 0. The van der Waals surface area contributed by atoms with E-state index in [0.717, 1.165) is 22.3 Å². The first-order valence-electron chi connectivity index (χ1n) is 15.6. The topological polar surface area (TPSA) is 115 Å². The molecule has 0 radical (unpaired) electrons. The van der Waals surface area contributed by atoms with Crippen LogP contribution in [0.4, 0.5) is 22.0 Å². The Morgan fingerprint density at radius 1 is 0.923 bits per heavy atom. The molecular formula is C35H31ClF5N5O4S2. The summed E-state index contributed by atoms with van der Waals surface area (Å²) in [5, 5.41) is 3.78. The summed E-state index contributed by atoms with van der Waals surface area (Å²) in [5.41, 5.74) is -0.749. The highest BCUT2D eigenvalue weighted by Gasteiger charge is 2.60. The van der Waals surface area contributed by atoms with E-state index >= 15 is 8.78 Å². The number of alkyl halides is 5. The Bertz CT molecular complexity index is 2220. The van der Waals surface area contributed by atoms with Gasteiger partial charge in [-0.15, -0.1) is 11.5 Å². The third-order valence-electron chi connectivity index (χ3n) is 8.35. The van der Waals surface area contributed by atoms with Crippen LogP contribution in [0.15, 0.2) is 100.0 Å². The second-order valence-corrected chi connectivity index (χ2v) is 16.0. The van der Waals surface area contributed by atoms with Crippen LogP contribution < -0.4 is 4.57 Å². The fourth-order valence-corrected chi connectivity index (χ4v) is 8.20. The number of nitrogens with zero attached hydrogens (tertiary/aromatic N) is 5. The van der Waals surface area contributed by atoms with Crippen molar-refractivity contribution in [1.29, 1.82) is 0 Å². The molecule has 0 aliphatic heterocycles. The quantitative estimate of drug-likeness (QED) is 0.0394. The Morgan fingerprint density at radius 3 is 2.00 bits per heavy atom. The molecule has 2 aromatic heterocycles. The summed E-state index contributed by atoms with van der Waals surface area (Å²) in [4.78, 5) is 5.47. The van der Waals surface area contributed by atoms with E-state index in [1.165, 1.54) is 62.4 Å². The highest BCUT2D eigenvalue weighted by atomic mass is 35.5. The van der Waals surface area contributed by atoms with Gasteiger partial charge in [-0.3, -0.25) is 4.98 Å². The molecule has 1 saturated carbocycles. The number of hydrogen-bond acceptors (Lipinski definition) is 6. The van der Waals surface area contributed by atoms with Gasteiger partial charge in [0.1, 0.15) is 28.0 Å². The molecule has 4 aromatic rings. The number of sulfonamides is 2. The summed E-state index contributed by atoms with van der Waals surface area (Å²) in [6.07, 6.45) is 2.08. The fraction of sp³-hybridized carbons (Fsp3) is 0.286. The Labute approximate surface area is 303 Å². The van der Waals surface area contributed by atoms with Crippen LogP contribution in [0.3, 0.4) is 0 Å². The maximum atomic E-state index is 17.9. The van der Waals surface area contributed by atoms with Crippen molar-refractivity contribution >= 4 is 37.5 Å². The summed E-state index contributed by atoms with van der Waals surface area (Å²) < 4.78 is 133. The zero-order chi connectivity index (χ0) is 38.2. The molecule has 2 heterocycles. The predicted octanol–water partition coefficient (Wildman–Crippen LogP) is 7.37. The maximum absolute atomic E-state index is 17.9. The molecule has 52 heavy (non-hydrogen) atoms. The van der Waals surface area contributed by atoms with E-state index in [1.807, 2.05) is 0 Å². The Hall–Kier alpha value is -4.43. The van der Waals surface area contributed by atoms with Crippen LogP contribution in [0.5, 0.6) is 0 Å². The largest absolute Gasteiger partial charge is 0.433 e. The average molecular weight is 780 g/mol. The molecule has 2 aromatic carbocycles. The van der Waals surface area contributed by atoms with Gasteiger partial charge >= 0.3 is 17.9 Å². The number of aryl methyl sites for hydroxylation is 3. The van der Waals surface area contributed by atoms with Gasteiger partial charge in [-0.05, 0) is 93.6 Å². The molecule has 0 spiro atoms. The molecule has 0 N–H and O–H groups in total. The van der Waals surface area contributed by atoms with Crippen molar-refractivity contribution in [2.45, 2.75) is 67.6 Å². The molecule has 1 aliphatic rings. The van der Waals surface area contributed by atoms with Crippen LogP contribution >= 0.6 is 11.6 Å². The van der Waals surface area contributed by atoms with Gasteiger partial charge in [0, 0.05) is 11.2 Å². The zero-order valence-corrected chi connectivity index (χ0v) is 30.1. The van der Waals surface area contributed by atoms with Crippen LogP contribution in [0.25, 0.3) is 4.83 Å². The normalized spacial score (nSPS) is 15.6. The van der Waals surface area contributed by atoms with Crippen molar-refractivity contribution < 1.29 is 43.4 Å². The monoisotopic (exact) mass is 779 g/mol. The van der Waals surface area contributed by atoms with Gasteiger partial charge in [-0.25, -0.2) is 16.8 Å². The van der Waals surface area contributed by atoms with E-state index in [9.17, 15) is 30.0 Å². The molecular weight excluding hydrogens is 749 g/mol. The molecule has 274 valence electrons. The highest BCUT2D eigenvalue weighted by molar-refractivity contribution is 7.94. The van der Waals surface area contributed by atoms with Gasteiger partial charge < -0.3 is 4.83 Å². The lowest BCUT2D eigenvalue weighted by atomic mass is 9.97. The van der Waals surface area contributed by atoms with E-state index in [2.05, 4.69) is 20.8 Å². The lowest BCUT2D eigenvalue weighted by Gasteiger charge is -2.38. The number of halogens is 6. The maximum Gasteiger partial charge on any atom is 0.433 e. The van der Waals surface area contributed by atoms with Gasteiger partial charge in [0.2, 0.25) is 10.0 Å². The van der Waals surface area contributed by atoms with Crippen LogP contribution in [-0.4, -0.2) is 43.9 Å². The Balaban J connectivity index is 1.80. The Morgan fingerprint density at radius 2 is 1.50 bits per heavy atom. The van der Waals surface area contributed by atoms with Crippen molar-refractivity contribution in [3.8, 4) is 12.3 Å². The van der Waals surface area contributed by atoms with Crippen molar-refractivity contribution in [3.05, 3.63) is 123 Å². The lowest BCUT2D eigenvalue weighted by Crippen LogP contribution is -2.62. The second-order valence-electron chi connectivity index (χ2n) is 12.2. The molecule has 0 amide bonds. The standard InChI is InChI=1S/C35H31ClF5N5O4S2/c1-5-30(25-11-12-25)46(52(49,50)29-19-20-31(42-21-29)35(39,40)41)32(26-13-15-27(36)16-14-26)34(37,38)33(45-23(3)7-6-8-24(45)4)43-44-51(47,48)28-17-9-22(2)10-18-28/h1,6-10,13-21,25,30,32H,11-12H2,2-4H3/b43-33-/t30?,32-/m0/s1. The van der Waals surface area contributed by atoms with Crippen LogP contribution in [0, 0.1) is 39.0 Å². The molecule has 2 atom stereocenters. The molecule has 0 saturated heterocycles. The van der Waals surface area contributed by atoms with Gasteiger partial charge in [0.25, 0.3) is 0 Å². The van der Waals surface area contributed by atoms with Crippen LogP contribution in [-0.2, 0) is 26.2 Å². The number of aromatic nitrogens is 2. The molecule has 1 aliphatic carbocycles. The minimum absolute atomic E-state index is 0.111. The van der Waals surface area contributed by atoms with E-state index in [0.29, 0.717) is 35.5 Å². The summed E-state index contributed by atoms with van der Waals surface area (Å²) in [6.45, 7) is 4.60. The summed E-state index contributed by atoms with van der Waals surface area (Å²) in [7, 11) is -9.90. The minimum atomic E-state index is -5.21. The number of benzene rings is 2. The number of rotatable bonds is 11. The van der Waals surface area contributed by atoms with Gasteiger partial charge in [-0.2, -0.15) is 30.8 Å². The first-order valence-corrected chi connectivity index (χ1v) is 18.8. The van der Waals surface area contributed by atoms with Crippen molar-refractivity contribution in [3.63, 3.8) is 0 Å². The molecule has 1 unspecified atom stereocenters. The van der Waals surface area contributed by atoms with E-state index in [1.54, 1.807) is 13.0 Å². The minimum Gasteiger partial charge on any atom is -0.370 e. The Kier molecular flexibility index (Phi) is 10.8. The van der Waals surface area contributed by atoms with E-state index < -0.39 is 66.6 Å². The summed E-state index contributed by atoms with van der Waals surface area (Å²) in [5.74, 6) is -4.05. The first-order chi connectivity index (χ1) is 24.3. The number of pyridine rings is 2. The van der Waals surface area contributed by atoms with Crippen molar-refractivity contribution in [2.24, 2.45) is 11.0 Å².